The summed E-state index contributed by atoms with van der Waals surface area (Å²) in [6, 6.07) is 5.51. The van der Waals surface area contributed by atoms with Crippen LogP contribution in [0.4, 0.5) is 5.69 Å². The number of aryl methyl sites for hydroxylation is 2. The van der Waals surface area contributed by atoms with Gasteiger partial charge in [0, 0.05) is 19.0 Å². The number of amides is 2. The lowest BCUT2D eigenvalue weighted by molar-refractivity contribution is -0.121. The van der Waals surface area contributed by atoms with Gasteiger partial charge in [-0.15, -0.1) is 11.3 Å². The average Bonchev–Trinajstić information content (AvgIpc) is 3.07. The van der Waals surface area contributed by atoms with Gasteiger partial charge >= 0.3 is 0 Å². The van der Waals surface area contributed by atoms with Crippen LogP contribution >= 0.6 is 22.9 Å². The number of H-pyrrole nitrogens is 1. The number of aromatic amines is 1. The summed E-state index contributed by atoms with van der Waals surface area (Å²) >= 11 is 7.44. The molecule has 3 aromatic rings. The first-order chi connectivity index (χ1) is 14.3. The molecule has 9 heteroatoms. The number of hydrogen-bond donors (Lipinski definition) is 2. The Morgan fingerprint density at radius 3 is 2.67 bits per heavy atom. The minimum absolute atomic E-state index is 0.0818. The van der Waals surface area contributed by atoms with E-state index >= 15 is 0 Å². The summed E-state index contributed by atoms with van der Waals surface area (Å²) in [5.74, 6) is -0.378. The Bertz CT molecular complexity index is 1190. The van der Waals surface area contributed by atoms with E-state index in [4.69, 9.17) is 11.6 Å². The molecule has 30 heavy (non-hydrogen) atoms. The topological polar surface area (TPSA) is 95.2 Å². The number of carbonyl (C=O) groups excluding carboxylic acids is 2. The van der Waals surface area contributed by atoms with Crippen molar-refractivity contribution < 1.29 is 9.59 Å². The molecular weight excluding hydrogens is 424 g/mol. The maximum atomic E-state index is 13.0. The van der Waals surface area contributed by atoms with Gasteiger partial charge in [-0.05, 0) is 49.9 Å². The number of thiophene rings is 1. The summed E-state index contributed by atoms with van der Waals surface area (Å²) in [7, 11) is 0. The van der Waals surface area contributed by atoms with Crippen LogP contribution in [0.25, 0.3) is 10.2 Å². The Labute approximate surface area is 182 Å². The second-order valence-electron chi connectivity index (χ2n) is 7.51. The van der Waals surface area contributed by atoms with Crippen LogP contribution in [0.5, 0.6) is 0 Å². The number of likely N-dealkylation sites (tertiary alicyclic amines) is 1. The predicted molar refractivity (Wildman–Crippen MR) is 118 cm³/mol. The minimum atomic E-state index is -0.238. The summed E-state index contributed by atoms with van der Waals surface area (Å²) in [5.41, 5.74) is 2.05. The maximum absolute atomic E-state index is 13.0. The van der Waals surface area contributed by atoms with Gasteiger partial charge < -0.3 is 15.2 Å². The van der Waals surface area contributed by atoms with Crippen molar-refractivity contribution in [3.05, 3.63) is 55.9 Å². The van der Waals surface area contributed by atoms with Crippen LogP contribution in [0.1, 0.15) is 33.6 Å². The van der Waals surface area contributed by atoms with Crippen molar-refractivity contribution in [2.45, 2.75) is 26.7 Å². The van der Waals surface area contributed by atoms with E-state index < -0.39 is 0 Å². The van der Waals surface area contributed by atoms with Crippen molar-refractivity contribution in [2.24, 2.45) is 5.92 Å². The van der Waals surface area contributed by atoms with Crippen molar-refractivity contribution in [1.29, 1.82) is 0 Å². The largest absolute Gasteiger partial charge is 0.338 e. The minimum Gasteiger partial charge on any atom is -0.338 e. The highest BCUT2D eigenvalue weighted by Crippen LogP contribution is 2.30. The fourth-order valence-corrected chi connectivity index (χ4v) is 5.13. The first-order valence-electron chi connectivity index (χ1n) is 9.68. The highest BCUT2D eigenvalue weighted by atomic mass is 35.5. The zero-order valence-electron chi connectivity index (χ0n) is 16.6. The third-order valence-corrected chi connectivity index (χ3v) is 6.96. The molecule has 0 spiro atoms. The third-order valence-electron chi connectivity index (χ3n) is 5.46. The number of nitrogens with one attached hydrogen (secondary N) is 2. The Hall–Kier alpha value is -2.71. The summed E-state index contributed by atoms with van der Waals surface area (Å²) in [4.78, 5) is 47.3. The number of fused-ring (bicyclic) bond motifs is 1. The second-order valence-corrected chi connectivity index (χ2v) is 8.91. The highest BCUT2D eigenvalue weighted by Gasteiger charge is 2.30. The van der Waals surface area contributed by atoms with E-state index in [9.17, 15) is 14.4 Å². The van der Waals surface area contributed by atoms with Crippen molar-refractivity contribution in [3.8, 4) is 0 Å². The number of nitrogens with zero attached hydrogens (tertiary/aromatic N) is 2. The molecule has 1 aliphatic heterocycles. The van der Waals surface area contributed by atoms with Crippen LogP contribution in [0.2, 0.25) is 5.02 Å². The lowest BCUT2D eigenvalue weighted by Gasteiger charge is -2.31. The average molecular weight is 445 g/mol. The predicted octanol–water partition coefficient (Wildman–Crippen LogP) is 3.75. The maximum Gasteiger partial charge on any atom is 0.264 e. The van der Waals surface area contributed by atoms with Crippen LogP contribution in [0.3, 0.4) is 0 Å². The Balaban J connectivity index is 1.42. The van der Waals surface area contributed by atoms with E-state index in [1.165, 1.54) is 17.7 Å². The number of aromatic nitrogens is 2. The van der Waals surface area contributed by atoms with Crippen LogP contribution in [0.15, 0.2) is 29.3 Å². The normalized spacial score (nSPS) is 14.8. The van der Waals surface area contributed by atoms with Crippen LogP contribution in [-0.2, 0) is 4.79 Å². The van der Waals surface area contributed by atoms with Crippen molar-refractivity contribution in [1.82, 2.24) is 14.9 Å². The standard InChI is InChI=1S/C21H21ClN4O3S/c1-11-3-4-15(14(22)9-11)25-18(27)13-5-7-26(8-6-13)21(29)17-12(2)16-19(28)23-10-24-20(16)30-17/h3-4,9-10,13H,5-8H2,1-2H3,(H,25,27)(H,23,24,28). The molecular formula is C21H21ClN4O3S. The molecule has 1 aromatic carbocycles. The Kier molecular flexibility index (Phi) is 5.62. The van der Waals surface area contributed by atoms with Crippen molar-refractivity contribution in [3.63, 3.8) is 0 Å². The molecule has 3 heterocycles. The summed E-state index contributed by atoms with van der Waals surface area (Å²) in [5, 5.41) is 3.88. The molecule has 7 nitrogen and oxygen atoms in total. The highest BCUT2D eigenvalue weighted by molar-refractivity contribution is 7.20. The molecule has 0 saturated carbocycles. The summed E-state index contributed by atoms with van der Waals surface area (Å²) in [6.45, 7) is 4.68. The van der Waals surface area contributed by atoms with Crippen molar-refractivity contribution >= 4 is 50.7 Å². The Morgan fingerprint density at radius 2 is 2.00 bits per heavy atom. The van der Waals surface area contributed by atoms with Gasteiger partial charge in [-0.25, -0.2) is 4.98 Å². The lowest BCUT2D eigenvalue weighted by atomic mass is 9.95. The van der Waals surface area contributed by atoms with Crippen LogP contribution < -0.4 is 10.9 Å². The molecule has 0 atom stereocenters. The fourth-order valence-electron chi connectivity index (χ4n) is 3.73. The van der Waals surface area contributed by atoms with Gasteiger partial charge in [-0.1, -0.05) is 17.7 Å². The molecule has 156 valence electrons. The first-order valence-corrected chi connectivity index (χ1v) is 10.9. The molecule has 0 aliphatic carbocycles. The summed E-state index contributed by atoms with van der Waals surface area (Å²) < 4.78 is 0. The lowest BCUT2D eigenvalue weighted by Crippen LogP contribution is -2.41. The van der Waals surface area contributed by atoms with Gasteiger partial charge in [0.25, 0.3) is 11.5 Å². The van der Waals surface area contributed by atoms with Gasteiger partial charge in [-0.3, -0.25) is 14.4 Å². The SMILES string of the molecule is Cc1ccc(NC(=O)C2CCN(C(=O)c3sc4nc[nH]c(=O)c4c3C)CC2)c(Cl)c1. The molecule has 0 unspecified atom stereocenters. The molecule has 0 bridgehead atoms. The molecule has 2 N–H and O–H groups in total. The third kappa shape index (κ3) is 3.85. The van der Waals surface area contributed by atoms with Crippen LogP contribution in [-0.4, -0.2) is 39.8 Å². The zero-order valence-corrected chi connectivity index (χ0v) is 18.2. The van der Waals surface area contributed by atoms with Crippen LogP contribution in [0, 0.1) is 19.8 Å². The monoisotopic (exact) mass is 444 g/mol. The van der Waals surface area contributed by atoms with Crippen molar-refractivity contribution in [2.75, 3.05) is 18.4 Å². The van der Waals surface area contributed by atoms with E-state index in [1.54, 1.807) is 17.9 Å². The van der Waals surface area contributed by atoms with E-state index in [2.05, 4.69) is 15.3 Å². The molecule has 1 saturated heterocycles. The molecule has 1 fully saturated rings. The molecule has 1 aliphatic rings. The smallest absolute Gasteiger partial charge is 0.264 e. The van der Waals surface area contributed by atoms with E-state index in [-0.39, 0.29) is 23.3 Å². The fraction of sp³-hybridized carbons (Fsp3) is 0.333. The number of halogens is 1. The quantitative estimate of drug-likeness (QED) is 0.643. The number of carbonyl (C=O) groups is 2. The number of hydrogen-bond acceptors (Lipinski definition) is 5. The molecule has 2 amide bonds. The van der Waals surface area contributed by atoms with E-state index in [1.807, 2.05) is 19.1 Å². The van der Waals surface area contributed by atoms with Gasteiger partial charge in [0.05, 0.1) is 27.3 Å². The molecule has 0 radical (unpaired) electrons. The van der Waals surface area contributed by atoms with Gasteiger partial charge in [0.1, 0.15) is 4.83 Å². The number of benzene rings is 1. The number of piperidine rings is 1. The second kappa shape index (κ2) is 8.20. The first kappa shape index (κ1) is 20.6. The van der Waals surface area contributed by atoms with Gasteiger partial charge in [-0.2, -0.15) is 0 Å². The van der Waals surface area contributed by atoms with Gasteiger partial charge in [0.15, 0.2) is 0 Å². The molecule has 2 aromatic heterocycles. The van der Waals surface area contributed by atoms with Gasteiger partial charge in [0.2, 0.25) is 5.91 Å². The van der Waals surface area contributed by atoms with E-state index in [0.29, 0.717) is 57.3 Å². The summed E-state index contributed by atoms with van der Waals surface area (Å²) in [6.07, 6.45) is 2.49. The number of rotatable bonds is 3. The molecule has 4 rings (SSSR count). The van der Waals surface area contributed by atoms with E-state index in [0.717, 1.165) is 5.56 Å². The zero-order chi connectivity index (χ0) is 21.4. The number of anilines is 1. The Morgan fingerprint density at radius 1 is 1.27 bits per heavy atom.